The number of epoxide rings is 4. The van der Waals surface area contributed by atoms with Crippen LogP contribution in [0, 0.1) is 6.92 Å². The van der Waals surface area contributed by atoms with Gasteiger partial charge in [-0.1, -0.05) is 0 Å². The summed E-state index contributed by atoms with van der Waals surface area (Å²) >= 11 is 0. The first-order valence-corrected chi connectivity index (χ1v) is 9.57. The van der Waals surface area contributed by atoms with E-state index in [2.05, 4.69) is 6.92 Å². The maximum atomic E-state index is 6.64. The molecule has 25 heavy (non-hydrogen) atoms. The summed E-state index contributed by atoms with van der Waals surface area (Å²) < 4.78 is 22.1. The third-order valence-corrected chi connectivity index (χ3v) is 5.90. The molecule has 0 radical (unpaired) electrons. The number of nitrogens with two attached hydrogens (primary N) is 1. The fourth-order valence-corrected chi connectivity index (χ4v) is 3.98. The zero-order chi connectivity index (χ0) is 17.0. The van der Waals surface area contributed by atoms with Crippen LogP contribution in [0.2, 0.25) is 0 Å². The molecule has 136 valence electrons. The number of nitrogen functional groups attached to an aromatic ring is 1. The summed E-state index contributed by atoms with van der Waals surface area (Å²) in [6.07, 6.45) is 6.55. The molecular weight excluding hydrogens is 318 g/mol. The van der Waals surface area contributed by atoms with Gasteiger partial charge in [0.15, 0.2) is 0 Å². The molecule has 4 heterocycles. The van der Waals surface area contributed by atoms with Crippen LogP contribution in [0.25, 0.3) is 0 Å². The molecule has 4 aliphatic heterocycles. The standard InChI is InChI=1S/C20H27NO4/c1-11-17(4-13-8-23-13)19(6-15-10-25-15)18(5-14-9-24-14)16(20(11)21)3-2-12-7-22-12/h12-15H,2-10,21H2,1H3. The predicted octanol–water partition coefficient (Wildman–Crippen LogP) is 1.73. The molecule has 0 amide bonds. The first-order chi connectivity index (χ1) is 12.2. The van der Waals surface area contributed by atoms with Gasteiger partial charge in [0.1, 0.15) is 0 Å². The van der Waals surface area contributed by atoms with Gasteiger partial charge in [0, 0.05) is 24.9 Å². The topological polar surface area (TPSA) is 76.1 Å². The van der Waals surface area contributed by atoms with E-state index in [-0.39, 0.29) is 0 Å². The Balaban J connectivity index is 1.55. The highest BCUT2D eigenvalue weighted by atomic mass is 16.6. The molecule has 4 unspecified atom stereocenters. The van der Waals surface area contributed by atoms with E-state index in [0.29, 0.717) is 24.4 Å². The molecule has 1 aromatic rings. The van der Waals surface area contributed by atoms with E-state index in [4.69, 9.17) is 24.7 Å². The van der Waals surface area contributed by atoms with Crippen LogP contribution in [-0.4, -0.2) is 50.8 Å². The summed E-state index contributed by atoms with van der Waals surface area (Å²) in [5.41, 5.74) is 14.5. The van der Waals surface area contributed by atoms with Crippen molar-refractivity contribution in [1.82, 2.24) is 0 Å². The monoisotopic (exact) mass is 345 g/mol. The number of benzene rings is 1. The highest BCUT2D eigenvalue weighted by molar-refractivity contribution is 5.64. The first kappa shape index (κ1) is 16.1. The average molecular weight is 345 g/mol. The number of ether oxygens (including phenoxy) is 4. The Bertz CT molecular complexity index is 673. The second kappa shape index (κ2) is 6.23. The minimum absolute atomic E-state index is 0.363. The Kier molecular flexibility index (Phi) is 4.01. The van der Waals surface area contributed by atoms with Crippen LogP contribution in [0.15, 0.2) is 0 Å². The van der Waals surface area contributed by atoms with E-state index in [1.165, 1.54) is 27.8 Å². The van der Waals surface area contributed by atoms with E-state index >= 15 is 0 Å². The minimum atomic E-state index is 0.363. The van der Waals surface area contributed by atoms with Gasteiger partial charge in [0.05, 0.1) is 50.8 Å². The quantitative estimate of drug-likeness (QED) is 0.545. The Labute approximate surface area is 148 Å². The van der Waals surface area contributed by atoms with Crippen LogP contribution in [0.1, 0.15) is 34.2 Å². The number of anilines is 1. The van der Waals surface area contributed by atoms with Crippen LogP contribution in [-0.2, 0) is 44.6 Å². The lowest BCUT2D eigenvalue weighted by atomic mass is 9.82. The molecule has 4 aliphatic rings. The van der Waals surface area contributed by atoms with Crippen molar-refractivity contribution < 1.29 is 18.9 Å². The van der Waals surface area contributed by atoms with Gasteiger partial charge >= 0.3 is 0 Å². The largest absolute Gasteiger partial charge is 0.398 e. The summed E-state index contributed by atoms with van der Waals surface area (Å²) in [7, 11) is 0. The number of hydrogen-bond acceptors (Lipinski definition) is 5. The van der Waals surface area contributed by atoms with Gasteiger partial charge in [-0.2, -0.15) is 0 Å². The van der Waals surface area contributed by atoms with Crippen molar-refractivity contribution in [2.45, 2.75) is 63.4 Å². The molecular formula is C20H27NO4. The smallest absolute Gasteiger partial charge is 0.0850 e. The minimum Gasteiger partial charge on any atom is -0.398 e. The molecule has 5 heteroatoms. The maximum Gasteiger partial charge on any atom is 0.0850 e. The Hall–Kier alpha value is -1.14. The van der Waals surface area contributed by atoms with Crippen molar-refractivity contribution in [3.05, 3.63) is 27.8 Å². The zero-order valence-corrected chi connectivity index (χ0v) is 14.9. The summed E-state index contributed by atoms with van der Waals surface area (Å²) in [6, 6.07) is 0. The lowest BCUT2D eigenvalue weighted by molar-refractivity contribution is 0.393. The Morgan fingerprint density at radius 3 is 1.64 bits per heavy atom. The Morgan fingerprint density at radius 2 is 1.16 bits per heavy atom. The van der Waals surface area contributed by atoms with Gasteiger partial charge in [0.25, 0.3) is 0 Å². The maximum absolute atomic E-state index is 6.64. The van der Waals surface area contributed by atoms with Gasteiger partial charge in [-0.3, -0.25) is 0 Å². The van der Waals surface area contributed by atoms with Crippen molar-refractivity contribution in [2.75, 3.05) is 32.2 Å². The molecule has 2 N–H and O–H groups in total. The molecule has 0 bridgehead atoms. The normalized spacial score (nSPS) is 31.9. The van der Waals surface area contributed by atoms with E-state index in [1.807, 2.05) is 0 Å². The fourth-order valence-electron chi connectivity index (χ4n) is 3.98. The third-order valence-electron chi connectivity index (χ3n) is 5.90. The summed E-state index contributed by atoms with van der Waals surface area (Å²) in [4.78, 5) is 0. The molecule has 4 fully saturated rings. The van der Waals surface area contributed by atoms with Gasteiger partial charge in [-0.25, -0.2) is 0 Å². The van der Waals surface area contributed by atoms with Crippen LogP contribution in [0.5, 0.6) is 0 Å². The summed E-state index contributed by atoms with van der Waals surface area (Å²) in [5.74, 6) is 0. The molecule has 0 saturated carbocycles. The van der Waals surface area contributed by atoms with E-state index in [1.54, 1.807) is 0 Å². The highest BCUT2D eigenvalue weighted by Crippen LogP contribution is 2.38. The van der Waals surface area contributed by atoms with Crippen molar-refractivity contribution in [3.63, 3.8) is 0 Å². The van der Waals surface area contributed by atoms with E-state index in [0.717, 1.165) is 64.2 Å². The van der Waals surface area contributed by atoms with Crippen LogP contribution in [0.3, 0.4) is 0 Å². The van der Waals surface area contributed by atoms with Gasteiger partial charge in [-0.05, 0) is 47.6 Å². The van der Waals surface area contributed by atoms with Crippen molar-refractivity contribution in [2.24, 2.45) is 0 Å². The summed E-state index contributed by atoms with van der Waals surface area (Å²) in [5, 5.41) is 0. The highest BCUT2D eigenvalue weighted by Gasteiger charge is 2.34. The Morgan fingerprint density at radius 1 is 0.720 bits per heavy atom. The van der Waals surface area contributed by atoms with Crippen molar-refractivity contribution in [3.8, 4) is 0 Å². The van der Waals surface area contributed by atoms with Crippen LogP contribution < -0.4 is 5.73 Å². The van der Waals surface area contributed by atoms with Gasteiger partial charge < -0.3 is 24.7 Å². The lowest BCUT2D eigenvalue weighted by Gasteiger charge is -2.23. The SMILES string of the molecule is Cc1c(N)c(CCC2CO2)c(CC2CO2)c(CC2CO2)c1CC1CO1. The molecule has 4 atom stereocenters. The summed E-state index contributed by atoms with van der Waals surface area (Å²) in [6.45, 7) is 5.71. The average Bonchev–Trinajstić information content (AvgIpc) is 3.46. The fraction of sp³-hybridized carbons (Fsp3) is 0.700. The third kappa shape index (κ3) is 3.70. The molecule has 0 spiro atoms. The number of hydrogen-bond donors (Lipinski definition) is 1. The van der Waals surface area contributed by atoms with Crippen molar-refractivity contribution in [1.29, 1.82) is 0 Å². The molecule has 5 nitrogen and oxygen atoms in total. The molecule has 5 rings (SSSR count). The molecule has 0 aromatic heterocycles. The molecule has 0 aliphatic carbocycles. The lowest BCUT2D eigenvalue weighted by Crippen LogP contribution is -2.16. The molecule has 1 aromatic carbocycles. The van der Waals surface area contributed by atoms with Crippen LogP contribution >= 0.6 is 0 Å². The van der Waals surface area contributed by atoms with Gasteiger partial charge in [-0.15, -0.1) is 0 Å². The second-order valence-corrected chi connectivity index (χ2v) is 7.93. The van der Waals surface area contributed by atoms with Gasteiger partial charge in [0.2, 0.25) is 0 Å². The number of rotatable bonds is 9. The van der Waals surface area contributed by atoms with Crippen molar-refractivity contribution >= 4 is 5.69 Å². The predicted molar refractivity (Wildman–Crippen MR) is 94.0 cm³/mol. The second-order valence-electron chi connectivity index (χ2n) is 7.93. The molecule has 4 saturated heterocycles. The zero-order valence-electron chi connectivity index (χ0n) is 14.9. The first-order valence-electron chi connectivity index (χ1n) is 9.57. The van der Waals surface area contributed by atoms with E-state index < -0.39 is 0 Å². The van der Waals surface area contributed by atoms with Crippen LogP contribution in [0.4, 0.5) is 5.69 Å². The van der Waals surface area contributed by atoms with E-state index in [9.17, 15) is 0 Å².